The predicted molar refractivity (Wildman–Crippen MR) is 50.3 cm³/mol. The van der Waals surface area contributed by atoms with Crippen LogP contribution < -0.4 is 5.32 Å². The average Bonchev–Trinajstić information content (AvgIpc) is 2.84. The Labute approximate surface area is 78.5 Å². The van der Waals surface area contributed by atoms with E-state index in [0.29, 0.717) is 0 Å². The molecule has 0 aliphatic heterocycles. The molecule has 1 fully saturated rings. The lowest BCUT2D eigenvalue weighted by Gasteiger charge is -1.99. The summed E-state index contributed by atoms with van der Waals surface area (Å²) in [4.78, 5) is 0. The highest BCUT2D eigenvalue weighted by molar-refractivity contribution is 5.02. The number of nitrogens with one attached hydrogen (secondary N) is 1. The zero-order valence-electron chi connectivity index (χ0n) is 8.05. The molecule has 0 saturated heterocycles. The molecule has 1 aliphatic rings. The maximum atomic E-state index is 4.96. The molecular weight excluding hydrogens is 164 g/mol. The van der Waals surface area contributed by atoms with Crippen LogP contribution in [0, 0.1) is 12.8 Å². The van der Waals surface area contributed by atoms with Crippen LogP contribution in [-0.2, 0) is 6.54 Å². The molecule has 1 saturated carbocycles. The van der Waals surface area contributed by atoms with Crippen molar-refractivity contribution < 1.29 is 4.52 Å². The van der Waals surface area contributed by atoms with E-state index in [2.05, 4.69) is 10.5 Å². The minimum absolute atomic E-state index is 0.837. The molecule has 0 amide bonds. The van der Waals surface area contributed by atoms with Crippen molar-refractivity contribution in [1.82, 2.24) is 10.5 Å². The molecule has 0 bridgehead atoms. The van der Waals surface area contributed by atoms with Crippen LogP contribution in [0.2, 0.25) is 0 Å². The average molecular weight is 180 g/mol. The monoisotopic (exact) mass is 180 g/mol. The summed E-state index contributed by atoms with van der Waals surface area (Å²) in [6.07, 6.45) is 4.19. The van der Waals surface area contributed by atoms with E-state index in [0.717, 1.165) is 30.5 Å². The van der Waals surface area contributed by atoms with Gasteiger partial charge in [-0.3, -0.25) is 0 Å². The Morgan fingerprint density at radius 3 is 3.08 bits per heavy atom. The Bertz CT molecular complexity index is 266. The number of aromatic nitrogens is 1. The molecule has 1 aliphatic carbocycles. The van der Waals surface area contributed by atoms with Crippen molar-refractivity contribution in [2.45, 2.75) is 32.7 Å². The molecule has 0 atom stereocenters. The molecule has 0 radical (unpaired) electrons. The van der Waals surface area contributed by atoms with E-state index in [1.165, 1.54) is 19.3 Å². The third kappa shape index (κ3) is 2.84. The van der Waals surface area contributed by atoms with Gasteiger partial charge in [0.15, 0.2) is 0 Å². The van der Waals surface area contributed by atoms with Gasteiger partial charge in [0.05, 0.1) is 5.69 Å². The van der Waals surface area contributed by atoms with Gasteiger partial charge in [0, 0.05) is 12.6 Å². The van der Waals surface area contributed by atoms with Crippen LogP contribution in [0.1, 0.15) is 30.7 Å². The van der Waals surface area contributed by atoms with Gasteiger partial charge >= 0.3 is 0 Å². The second-order valence-electron chi connectivity index (χ2n) is 3.84. The van der Waals surface area contributed by atoms with Crippen molar-refractivity contribution in [3.63, 3.8) is 0 Å². The lowest BCUT2D eigenvalue weighted by molar-refractivity contribution is 0.388. The summed E-state index contributed by atoms with van der Waals surface area (Å²) >= 11 is 0. The van der Waals surface area contributed by atoms with E-state index in [9.17, 15) is 0 Å². The van der Waals surface area contributed by atoms with Crippen molar-refractivity contribution >= 4 is 0 Å². The second-order valence-corrected chi connectivity index (χ2v) is 3.84. The highest BCUT2D eigenvalue weighted by Gasteiger charge is 2.19. The van der Waals surface area contributed by atoms with Gasteiger partial charge in [-0.2, -0.15) is 0 Å². The van der Waals surface area contributed by atoms with E-state index in [-0.39, 0.29) is 0 Å². The highest BCUT2D eigenvalue weighted by atomic mass is 16.5. The molecule has 72 valence electrons. The van der Waals surface area contributed by atoms with Crippen LogP contribution in [0.4, 0.5) is 0 Å². The molecule has 0 spiro atoms. The molecule has 3 heteroatoms. The zero-order valence-corrected chi connectivity index (χ0v) is 8.05. The fourth-order valence-electron chi connectivity index (χ4n) is 1.43. The molecule has 1 aromatic heterocycles. The van der Waals surface area contributed by atoms with Gasteiger partial charge < -0.3 is 9.84 Å². The van der Waals surface area contributed by atoms with Crippen LogP contribution >= 0.6 is 0 Å². The second kappa shape index (κ2) is 3.92. The first-order valence-electron chi connectivity index (χ1n) is 4.97. The van der Waals surface area contributed by atoms with Crippen LogP contribution in [0.15, 0.2) is 10.6 Å². The Balaban J connectivity index is 1.61. The van der Waals surface area contributed by atoms with Gasteiger partial charge in [0.25, 0.3) is 0 Å². The van der Waals surface area contributed by atoms with Crippen LogP contribution in [-0.4, -0.2) is 11.7 Å². The van der Waals surface area contributed by atoms with E-state index in [1.54, 1.807) is 0 Å². The van der Waals surface area contributed by atoms with Crippen LogP contribution in [0.3, 0.4) is 0 Å². The topological polar surface area (TPSA) is 38.1 Å². The molecule has 1 heterocycles. The van der Waals surface area contributed by atoms with Gasteiger partial charge in [0.2, 0.25) is 0 Å². The minimum Gasteiger partial charge on any atom is -0.361 e. The summed E-state index contributed by atoms with van der Waals surface area (Å²) < 4.78 is 4.96. The first-order valence-corrected chi connectivity index (χ1v) is 4.97. The fourth-order valence-corrected chi connectivity index (χ4v) is 1.43. The van der Waals surface area contributed by atoms with Gasteiger partial charge in [0.1, 0.15) is 5.76 Å². The number of aryl methyl sites for hydroxylation is 1. The molecule has 0 unspecified atom stereocenters. The Hall–Kier alpha value is -0.830. The van der Waals surface area contributed by atoms with Crippen molar-refractivity contribution in [3.05, 3.63) is 17.5 Å². The summed E-state index contributed by atoms with van der Waals surface area (Å²) in [6, 6.07) is 1.98. The van der Waals surface area contributed by atoms with E-state index >= 15 is 0 Å². The lowest BCUT2D eigenvalue weighted by Crippen LogP contribution is -2.15. The maximum Gasteiger partial charge on any atom is 0.133 e. The Morgan fingerprint density at radius 1 is 1.62 bits per heavy atom. The number of hydrogen-bond acceptors (Lipinski definition) is 3. The van der Waals surface area contributed by atoms with Gasteiger partial charge in [-0.25, -0.2) is 0 Å². The van der Waals surface area contributed by atoms with E-state index in [1.807, 2.05) is 13.0 Å². The van der Waals surface area contributed by atoms with E-state index < -0.39 is 0 Å². The van der Waals surface area contributed by atoms with Crippen molar-refractivity contribution in [1.29, 1.82) is 0 Å². The molecular formula is C10H16N2O. The SMILES string of the molecule is Cc1cc(CNCCC2CC2)no1. The van der Waals surface area contributed by atoms with Crippen molar-refractivity contribution in [2.75, 3.05) is 6.54 Å². The molecule has 3 nitrogen and oxygen atoms in total. The standard InChI is InChI=1S/C10H16N2O/c1-8-6-10(12-13-8)7-11-5-4-9-2-3-9/h6,9,11H,2-5,7H2,1H3. The Morgan fingerprint density at radius 2 is 2.46 bits per heavy atom. The quantitative estimate of drug-likeness (QED) is 0.703. The van der Waals surface area contributed by atoms with Crippen LogP contribution in [0.25, 0.3) is 0 Å². The molecule has 13 heavy (non-hydrogen) atoms. The van der Waals surface area contributed by atoms with Crippen molar-refractivity contribution in [3.8, 4) is 0 Å². The first kappa shape index (κ1) is 8.75. The fraction of sp³-hybridized carbons (Fsp3) is 0.700. The summed E-state index contributed by atoms with van der Waals surface area (Å²) in [6.45, 7) is 3.86. The number of rotatable bonds is 5. The molecule has 1 aromatic rings. The van der Waals surface area contributed by atoms with Gasteiger partial charge in [-0.15, -0.1) is 0 Å². The first-order chi connectivity index (χ1) is 6.34. The van der Waals surface area contributed by atoms with Crippen molar-refractivity contribution in [2.24, 2.45) is 5.92 Å². The Kier molecular flexibility index (Phi) is 2.64. The maximum absolute atomic E-state index is 4.96. The third-order valence-corrected chi connectivity index (χ3v) is 2.41. The highest BCUT2D eigenvalue weighted by Crippen LogP contribution is 2.31. The van der Waals surface area contributed by atoms with E-state index in [4.69, 9.17) is 4.52 Å². The molecule has 1 N–H and O–H groups in total. The molecule has 2 rings (SSSR count). The molecule has 0 aromatic carbocycles. The van der Waals surface area contributed by atoms with Gasteiger partial charge in [-0.05, 0) is 25.8 Å². The summed E-state index contributed by atoms with van der Waals surface area (Å²) in [5.74, 6) is 1.89. The smallest absolute Gasteiger partial charge is 0.133 e. The summed E-state index contributed by atoms with van der Waals surface area (Å²) in [5.41, 5.74) is 1.01. The zero-order chi connectivity index (χ0) is 9.10. The largest absolute Gasteiger partial charge is 0.361 e. The number of nitrogens with zero attached hydrogens (tertiary/aromatic N) is 1. The number of hydrogen-bond donors (Lipinski definition) is 1. The van der Waals surface area contributed by atoms with Crippen LogP contribution in [0.5, 0.6) is 0 Å². The lowest BCUT2D eigenvalue weighted by atomic mass is 10.3. The van der Waals surface area contributed by atoms with Gasteiger partial charge in [-0.1, -0.05) is 18.0 Å². The summed E-state index contributed by atoms with van der Waals surface area (Å²) in [5, 5.41) is 7.27. The normalized spacial score (nSPS) is 16.4. The third-order valence-electron chi connectivity index (χ3n) is 2.41. The minimum atomic E-state index is 0.837. The predicted octanol–water partition coefficient (Wildman–Crippen LogP) is 1.87. The summed E-state index contributed by atoms with van der Waals surface area (Å²) in [7, 11) is 0.